The van der Waals surface area contributed by atoms with E-state index in [0.29, 0.717) is 13.0 Å². The lowest BCUT2D eigenvalue weighted by Crippen LogP contribution is -2.44. The molecule has 2 aliphatic heterocycles. The number of thiophene rings is 1. The zero-order valence-corrected chi connectivity index (χ0v) is 22.2. The Kier molecular flexibility index (Phi) is 7.09. The van der Waals surface area contributed by atoms with Gasteiger partial charge >= 0.3 is 5.97 Å². The van der Waals surface area contributed by atoms with Gasteiger partial charge in [-0.1, -0.05) is 36.4 Å². The lowest BCUT2D eigenvalue weighted by molar-refractivity contribution is -0.155. The Hall–Kier alpha value is -2.83. The summed E-state index contributed by atoms with van der Waals surface area (Å²) in [5.41, 5.74) is 3.40. The Morgan fingerprint density at radius 1 is 1.06 bits per heavy atom. The fourth-order valence-corrected chi connectivity index (χ4v) is 5.90. The Balaban J connectivity index is 1.14. The number of hydrogen-bond acceptors (Lipinski definition) is 6. The van der Waals surface area contributed by atoms with Crippen molar-refractivity contribution in [3.63, 3.8) is 0 Å². The van der Waals surface area contributed by atoms with Crippen LogP contribution >= 0.6 is 11.3 Å². The molecule has 1 spiro atoms. The first kappa shape index (κ1) is 24.8. The molecule has 0 unspecified atom stereocenters. The number of carbonyl (C=O) groups excluding carboxylic acids is 1. The van der Waals surface area contributed by atoms with E-state index in [0.717, 1.165) is 50.6 Å². The second kappa shape index (κ2) is 10.3. The number of benzene rings is 2. The summed E-state index contributed by atoms with van der Waals surface area (Å²) in [6.07, 6.45) is 2.51. The normalized spacial score (nSPS) is 17.0. The Morgan fingerprint density at radius 3 is 2.58 bits per heavy atom. The highest BCUT2D eigenvalue weighted by Crippen LogP contribution is 2.46. The van der Waals surface area contributed by atoms with Gasteiger partial charge in [-0.3, -0.25) is 4.79 Å². The van der Waals surface area contributed by atoms with Crippen molar-refractivity contribution in [2.75, 3.05) is 26.2 Å². The molecule has 0 atom stereocenters. The van der Waals surface area contributed by atoms with E-state index in [1.165, 1.54) is 21.6 Å². The highest BCUT2D eigenvalue weighted by molar-refractivity contribution is 7.10. The lowest BCUT2D eigenvalue weighted by Gasteiger charge is -2.38. The third kappa shape index (κ3) is 5.76. The number of likely N-dealkylation sites (tertiary alicyclic amines) is 1. The van der Waals surface area contributed by atoms with Crippen LogP contribution in [0.15, 0.2) is 60.0 Å². The molecule has 1 fully saturated rings. The summed E-state index contributed by atoms with van der Waals surface area (Å²) in [6.45, 7) is 9.68. The van der Waals surface area contributed by atoms with Crippen LogP contribution in [0.25, 0.3) is 11.1 Å². The van der Waals surface area contributed by atoms with Gasteiger partial charge < -0.3 is 19.1 Å². The molecule has 0 N–H and O–H groups in total. The SMILES string of the molecule is CC(C)(C)OC(=O)CCN1CCC2(CC1)COc1cc(OCc3cc(-c4ccccc4)cs3)ccc12. The molecule has 36 heavy (non-hydrogen) atoms. The van der Waals surface area contributed by atoms with Gasteiger partial charge in [0.15, 0.2) is 0 Å². The fourth-order valence-electron chi connectivity index (χ4n) is 5.10. The van der Waals surface area contributed by atoms with E-state index < -0.39 is 5.60 Å². The summed E-state index contributed by atoms with van der Waals surface area (Å²) in [4.78, 5) is 15.6. The maximum Gasteiger partial charge on any atom is 0.307 e. The Morgan fingerprint density at radius 2 is 1.83 bits per heavy atom. The number of hydrogen-bond donors (Lipinski definition) is 0. The highest BCUT2D eigenvalue weighted by Gasteiger charge is 2.43. The average molecular weight is 506 g/mol. The maximum atomic E-state index is 12.1. The zero-order valence-electron chi connectivity index (χ0n) is 21.4. The van der Waals surface area contributed by atoms with Crippen molar-refractivity contribution in [1.82, 2.24) is 4.90 Å². The maximum absolute atomic E-state index is 12.1. The fraction of sp³-hybridized carbons (Fsp3) is 0.433. The molecule has 0 aliphatic carbocycles. The van der Waals surface area contributed by atoms with E-state index in [1.54, 1.807) is 11.3 Å². The van der Waals surface area contributed by atoms with Crippen LogP contribution in [0.3, 0.4) is 0 Å². The quantitative estimate of drug-likeness (QED) is 0.345. The summed E-state index contributed by atoms with van der Waals surface area (Å²) in [6, 6.07) is 18.9. The molecule has 2 aliphatic rings. The minimum absolute atomic E-state index is 0.0641. The van der Waals surface area contributed by atoms with E-state index in [1.807, 2.05) is 32.9 Å². The zero-order chi connectivity index (χ0) is 25.2. The van der Waals surface area contributed by atoms with Gasteiger partial charge in [0.1, 0.15) is 23.7 Å². The number of ether oxygens (including phenoxy) is 3. The first-order chi connectivity index (χ1) is 17.3. The topological polar surface area (TPSA) is 48.0 Å². The summed E-state index contributed by atoms with van der Waals surface area (Å²) in [5, 5.41) is 2.18. The number of piperidine rings is 1. The number of fused-ring (bicyclic) bond motifs is 2. The number of rotatable bonds is 7. The molecule has 0 amide bonds. The molecular weight excluding hydrogens is 470 g/mol. The lowest BCUT2D eigenvalue weighted by atomic mass is 9.74. The molecule has 3 aromatic rings. The summed E-state index contributed by atoms with van der Waals surface area (Å²) in [7, 11) is 0. The van der Waals surface area contributed by atoms with Gasteiger partial charge in [-0.05, 0) is 75.3 Å². The third-order valence-corrected chi connectivity index (χ3v) is 7.95. The molecule has 190 valence electrons. The molecule has 5 rings (SSSR count). The first-order valence-electron chi connectivity index (χ1n) is 12.8. The highest BCUT2D eigenvalue weighted by atomic mass is 32.1. The molecule has 0 bridgehead atoms. The minimum atomic E-state index is -0.425. The van der Waals surface area contributed by atoms with Crippen molar-refractivity contribution < 1.29 is 19.0 Å². The molecule has 3 heterocycles. The monoisotopic (exact) mass is 505 g/mol. The summed E-state index contributed by atoms with van der Waals surface area (Å²) >= 11 is 1.73. The van der Waals surface area contributed by atoms with Crippen LogP contribution < -0.4 is 9.47 Å². The smallest absolute Gasteiger partial charge is 0.307 e. The molecule has 6 heteroatoms. The van der Waals surface area contributed by atoms with Crippen LogP contribution in [0.5, 0.6) is 11.5 Å². The molecule has 0 radical (unpaired) electrons. The van der Waals surface area contributed by atoms with Crippen molar-refractivity contribution >= 4 is 17.3 Å². The van der Waals surface area contributed by atoms with Gasteiger partial charge in [0, 0.05) is 28.5 Å². The van der Waals surface area contributed by atoms with Gasteiger partial charge in [0.25, 0.3) is 0 Å². The van der Waals surface area contributed by atoms with E-state index in [2.05, 4.69) is 52.7 Å². The van der Waals surface area contributed by atoms with Crippen LogP contribution in [-0.4, -0.2) is 42.7 Å². The minimum Gasteiger partial charge on any atom is -0.492 e. The van der Waals surface area contributed by atoms with Crippen LogP contribution in [0.2, 0.25) is 0 Å². The van der Waals surface area contributed by atoms with Gasteiger partial charge in [0.05, 0.1) is 13.0 Å². The van der Waals surface area contributed by atoms with Crippen LogP contribution in [0.1, 0.15) is 50.5 Å². The first-order valence-corrected chi connectivity index (χ1v) is 13.6. The molecular formula is C30H35NO4S. The van der Waals surface area contributed by atoms with Crippen molar-refractivity contribution in [3.05, 3.63) is 70.4 Å². The van der Waals surface area contributed by atoms with E-state index in [9.17, 15) is 4.79 Å². The largest absolute Gasteiger partial charge is 0.492 e. The molecule has 2 aromatic carbocycles. The number of esters is 1. The van der Waals surface area contributed by atoms with E-state index >= 15 is 0 Å². The molecule has 1 aromatic heterocycles. The Labute approximate surface area is 218 Å². The second-order valence-electron chi connectivity index (χ2n) is 10.9. The summed E-state index contributed by atoms with van der Waals surface area (Å²) in [5.74, 6) is 1.67. The van der Waals surface area contributed by atoms with Gasteiger partial charge in [-0.15, -0.1) is 11.3 Å². The van der Waals surface area contributed by atoms with Crippen LogP contribution in [0.4, 0.5) is 0 Å². The molecule has 5 nitrogen and oxygen atoms in total. The van der Waals surface area contributed by atoms with Crippen LogP contribution in [-0.2, 0) is 21.6 Å². The van der Waals surface area contributed by atoms with Gasteiger partial charge in [-0.25, -0.2) is 0 Å². The van der Waals surface area contributed by atoms with Gasteiger partial charge in [0.2, 0.25) is 0 Å². The van der Waals surface area contributed by atoms with E-state index in [4.69, 9.17) is 14.2 Å². The van der Waals surface area contributed by atoms with Crippen molar-refractivity contribution in [1.29, 1.82) is 0 Å². The van der Waals surface area contributed by atoms with Crippen molar-refractivity contribution in [2.45, 2.75) is 57.7 Å². The Bertz CT molecular complexity index is 1190. The predicted molar refractivity (Wildman–Crippen MR) is 144 cm³/mol. The predicted octanol–water partition coefficient (Wildman–Crippen LogP) is 6.45. The third-order valence-electron chi connectivity index (χ3n) is 7.04. The average Bonchev–Trinajstić information content (AvgIpc) is 3.47. The number of nitrogens with zero attached hydrogens (tertiary/aromatic N) is 1. The van der Waals surface area contributed by atoms with Gasteiger partial charge in [-0.2, -0.15) is 0 Å². The summed E-state index contributed by atoms with van der Waals surface area (Å²) < 4.78 is 17.7. The van der Waals surface area contributed by atoms with Crippen molar-refractivity contribution in [3.8, 4) is 22.6 Å². The number of carbonyl (C=O) groups is 1. The molecule has 1 saturated heterocycles. The van der Waals surface area contributed by atoms with Crippen molar-refractivity contribution in [2.24, 2.45) is 0 Å². The van der Waals surface area contributed by atoms with E-state index in [-0.39, 0.29) is 11.4 Å². The second-order valence-corrected chi connectivity index (χ2v) is 11.9. The molecule has 0 saturated carbocycles. The standard InChI is InChI=1S/C30H35NO4S/c1-29(2,3)35-28(32)11-14-31-15-12-30(13-16-31)21-34-27-18-24(9-10-26(27)30)33-19-25-17-23(20-36-25)22-7-5-4-6-8-22/h4-10,17-18,20H,11-16,19,21H2,1-3H3. The van der Waals surface area contributed by atoms with Crippen LogP contribution in [0, 0.1) is 0 Å².